The molecular weight excluding hydrogens is 400 g/mol. The molecule has 0 saturated carbocycles. The number of para-hydroxylation sites is 1. The molecular formula is C25H26N6O. The minimum absolute atomic E-state index is 0.0797. The number of hydrogen-bond donors (Lipinski definition) is 1. The van der Waals surface area contributed by atoms with Crippen molar-refractivity contribution >= 4 is 17.5 Å². The van der Waals surface area contributed by atoms with E-state index in [0.29, 0.717) is 30.3 Å². The first-order valence-electron chi connectivity index (χ1n) is 10.7. The lowest BCUT2D eigenvalue weighted by molar-refractivity contribution is 0.0774. The lowest BCUT2D eigenvalue weighted by atomic mass is 10.1. The number of carbonyl (C=O) groups excluding carboxylic acids is 1. The summed E-state index contributed by atoms with van der Waals surface area (Å²) in [4.78, 5) is 14.9. The average Bonchev–Trinajstić information content (AvgIpc) is 3.25. The normalized spacial score (nSPS) is 10.7. The lowest BCUT2D eigenvalue weighted by Crippen LogP contribution is -2.30. The molecule has 162 valence electrons. The highest BCUT2D eigenvalue weighted by Crippen LogP contribution is 2.25. The van der Waals surface area contributed by atoms with E-state index in [1.807, 2.05) is 80.6 Å². The second-order valence-electron chi connectivity index (χ2n) is 7.43. The Bertz CT molecular complexity index is 1180. The van der Waals surface area contributed by atoms with Gasteiger partial charge in [0.05, 0.1) is 17.6 Å². The van der Waals surface area contributed by atoms with Crippen LogP contribution < -0.4 is 5.32 Å². The molecule has 32 heavy (non-hydrogen) atoms. The second kappa shape index (κ2) is 9.43. The van der Waals surface area contributed by atoms with Crippen LogP contribution in [0.15, 0.2) is 72.9 Å². The van der Waals surface area contributed by atoms with Gasteiger partial charge in [0.2, 0.25) is 0 Å². The topological polar surface area (TPSA) is 75.9 Å². The minimum Gasteiger partial charge on any atom is -0.339 e. The molecule has 4 rings (SSSR count). The first-order chi connectivity index (χ1) is 15.6. The van der Waals surface area contributed by atoms with Gasteiger partial charge in [0.25, 0.3) is 5.91 Å². The largest absolute Gasteiger partial charge is 0.339 e. The molecule has 0 radical (unpaired) electrons. The molecule has 2 aromatic carbocycles. The summed E-state index contributed by atoms with van der Waals surface area (Å²) in [6.07, 6.45) is 1.60. The van der Waals surface area contributed by atoms with Crippen LogP contribution in [0.25, 0.3) is 16.9 Å². The second-order valence-corrected chi connectivity index (χ2v) is 7.43. The van der Waals surface area contributed by atoms with Gasteiger partial charge >= 0.3 is 0 Å². The molecule has 2 heterocycles. The zero-order chi connectivity index (χ0) is 22.5. The molecule has 7 heteroatoms. The van der Waals surface area contributed by atoms with Gasteiger partial charge in [0.15, 0.2) is 5.82 Å². The van der Waals surface area contributed by atoms with Gasteiger partial charge in [-0.1, -0.05) is 48.0 Å². The van der Waals surface area contributed by atoms with Crippen molar-refractivity contribution in [1.29, 1.82) is 0 Å². The average molecular weight is 427 g/mol. The third-order valence-corrected chi connectivity index (χ3v) is 5.31. The Kier molecular flexibility index (Phi) is 6.26. The summed E-state index contributed by atoms with van der Waals surface area (Å²) in [5, 5.41) is 16.5. The van der Waals surface area contributed by atoms with E-state index in [9.17, 15) is 4.79 Å². The van der Waals surface area contributed by atoms with Crippen LogP contribution in [0.1, 0.15) is 29.8 Å². The number of benzene rings is 2. The molecule has 0 unspecified atom stereocenters. The fraction of sp³-hybridized carbons (Fsp3) is 0.200. The number of amides is 1. The Morgan fingerprint density at radius 2 is 1.66 bits per heavy atom. The molecule has 0 aliphatic heterocycles. The van der Waals surface area contributed by atoms with Crippen LogP contribution in [0.3, 0.4) is 0 Å². The number of rotatable bonds is 7. The number of aryl methyl sites for hydroxylation is 1. The highest BCUT2D eigenvalue weighted by atomic mass is 16.2. The highest BCUT2D eigenvalue weighted by Gasteiger charge is 2.22. The standard InChI is InChI=1S/C25H26N6O/c1-4-30(5-2)25(32)21-17-26-31(20-9-7-6-8-10-20)24(21)27-23-16-15-22(28-29-23)19-13-11-18(3)12-14-19/h6-17H,4-5H2,1-3H3,(H,27,29). The van der Waals surface area contributed by atoms with E-state index < -0.39 is 0 Å². The smallest absolute Gasteiger partial charge is 0.259 e. The van der Waals surface area contributed by atoms with Crippen molar-refractivity contribution in [3.8, 4) is 16.9 Å². The Labute approximate surface area is 187 Å². The van der Waals surface area contributed by atoms with Gasteiger partial charge in [0.1, 0.15) is 11.4 Å². The number of hydrogen-bond acceptors (Lipinski definition) is 5. The van der Waals surface area contributed by atoms with E-state index in [4.69, 9.17) is 0 Å². The Morgan fingerprint density at radius 3 is 2.28 bits per heavy atom. The first kappa shape index (κ1) is 21.2. The van der Waals surface area contributed by atoms with E-state index in [1.165, 1.54) is 5.56 Å². The van der Waals surface area contributed by atoms with Crippen molar-refractivity contribution in [2.45, 2.75) is 20.8 Å². The van der Waals surface area contributed by atoms with E-state index in [0.717, 1.165) is 16.9 Å². The van der Waals surface area contributed by atoms with Gasteiger partial charge in [-0.3, -0.25) is 4.79 Å². The van der Waals surface area contributed by atoms with Crippen molar-refractivity contribution in [1.82, 2.24) is 24.9 Å². The molecule has 2 aromatic heterocycles. The predicted octanol–water partition coefficient (Wildman–Crippen LogP) is 4.86. The summed E-state index contributed by atoms with van der Waals surface area (Å²) in [5.74, 6) is 1.02. The summed E-state index contributed by atoms with van der Waals surface area (Å²) < 4.78 is 1.71. The Morgan fingerprint density at radius 1 is 0.938 bits per heavy atom. The molecule has 0 saturated heterocycles. The van der Waals surface area contributed by atoms with E-state index in [-0.39, 0.29) is 5.91 Å². The van der Waals surface area contributed by atoms with Gasteiger partial charge in [-0.25, -0.2) is 4.68 Å². The van der Waals surface area contributed by atoms with Crippen molar-refractivity contribution in [3.63, 3.8) is 0 Å². The molecule has 7 nitrogen and oxygen atoms in total. The van der Waals surface area contributed by atoms with Crippen LogP contribution in [0.5, 0.6) is 0 Å². The van der Waals surface area contributed by atoms with Gasteiger partial charge < -0.3 is 10.2 Å². The van der Waals surface area contributed by atoms with Gasteiger partial charge in [-0.2, -0.15) is 5.10 Å². The molecule has 0 aliphatic rings. The monoisotopic (exact) mass is 426 g/mol. The third-order valence-electron chi connectivity index (χ3n) is 5.31. The lowest BCUT2D eigenvalue weighted by Gasteiger charge is -2.19. The van der Waals surface area contributed by atoms with Gasteiger partial charge in [0, 0.05) is 18.7 Å². The maximum absolute atomic E-state index is 13.1. The molecule has 4 aromatic rings. The zero-order valence-corrected chi connectivity index (χ0v) is 18.5. The summed E-state index contributed by atoms with van der Waals surface area (Å²) in [6, 6.07) is 21.6. The van der Waals surface area contributed by atoms with Crippen molar-refractivity contribution in [3.05, 3.63) is 84.1 Å². The SMILES string of the molecule is CCN(CC)C(=O)c1cnn(-c2ccccc2)c1Nc1ccc(-c2ccc(C)cc2)nn1. The molecule has 0 aliphatic carbocycles. The summed E-state index contributed by atoms with van der Waals surface area (Å²) in [7, 11) is 0. The fourth-order valence-electron chi connectivity index (χ4n) is 3.47. The van der Waals surface area contributed by atoms with Crippen LogP contribution in [-0.4, -0.2) is 43.9 Å². The van der Waals surface area contributed by atoms with Crippen LogP contribution in [0.2, 0.25) is 0 Å². The number of nitrogens with one attached hydrogen (secondary N) is 1. The zero-order valence-electron chi connectivity index (χ0n) is 18.5. The molecule has 1 amide bonds. The van der Waals surface area contributed by atoms with Crippen molar-refractivity contribution in [2.24, 2.45) is 0 Å². The number of anilines is 2. The Balaban J connectivity index is 1.69. The fourth-order valence-corrected chi connectivity index (χ4v) is 3.47. The van der Waals surface area contributed by atoms with Gasteiger partial charge in [-0.05, 0) is 45.0 Å². The van der Waals surface area contributed by atoms with E-state index >= 15 is 0 Å². The minimum atomic E-state index is -0.0797. The Hall–Kier alpha value is -4.00. The maximum Gasteiger partial charge on any atom is 0.259 e. The predicted molar refractivity (Wildman–Crippen MR) is 126 cm³/mol. The summed E-state index contributed by atoms with van der Waals surface area (Å²) in [6.45, 7) is 7.22. The van der Waals surface area contributed by atoms with Crippen molar-refractivity contribution in [2.75, 3.05) is 18.4 Å². The quantitative estimate of drug-likeness (QED) is 0.457. The summed E-state index contributed by atoms with van der Waals surface area (Å²) >= 11 is 0. The molecule has 0 fully saturated rings. The molecule has 0 spiro atoms. The first-order valence-corrected chi connectivity index (χ1v) is 10.7. The molecule has 0 atom stereocenters. The number of carbonyl (C=O) groups is 1. The molecule has 1 N–H and O–H groups in total. The number of nitrogens with zero attached hydrogens (tertiary/aromatic N) is 5. The summed E-state index contributed by atoms with van der Waals surface area (Å²) in [5.41, 5.74) is 4.31. The third kappa shape index (κ3) is 4.37. The van der Waals surface area contributed by atoms with Crippen LogP contribution >= 0.6 is 0 Å². The van der Waals surface area contributed by atoms with E-state index in [2.05, 4.69) is 27.5 Å². The van der Waals surface area contributed by atoms with Crippen LogP contribution in [0, 0.1) is 6.92 Å². The van der Waals surface area contributed by atoms with Crippen LogP contribution in [0.4, 0.5) is 11.6 Å². The van der Waals surface area contributed by atoms with Crippen molar-refractivity contribution < 1.29 is 4.79 Å². The number of aromatic nitrogens is 4. The highest BCUT2D eigenvalue weighted by molar-refractivity contribution is 5.99. The van der Waals surface area contributed by atoms with E-state index in [1.54, 1.807) is 15.8 Å². The van der Waals surface area contributed by atoms with Crippen LogP contribution in [-0.2, 0) is 0 Å². The van der Waals surface area contributed by atoms with Gasteiger partial charge in [-0.15, -0.1) is 10.2 Å². The maximum atomic E-state index is 13.1. The molecule has 0 bridgehead atoms.